The van der Waals surface area contributed by atoms with Crippen molar-refractivity contribution in [1.82, 2.24) is 5.32 Å². The molecule has 17 heavy (non-hydrogen) atoms. The molecular weight excluding hydrogens is 218 g/mol. The lowest BCUT2D eigenvalue weighted by Crippen LogP contribution is -2.39. The summed E-state index contributed by atoms with van der Waals surface area (Å²) in [7, 11) is 1.58. The third-order valence-corrected chi connectivity index (χ3v) is 3.64. The third-order valence-electron chi connectivity index (χ3n) is 3.64. The molecule has 0 saturated carbocycles. The maximum absolute atomic E-state index is 12.0. The van der Waals surface area contributed by atoms with E-state index in [9.17, 15) is 4.79 Å². The van der Waals surface area contributed by atoms with Crippen LogP contribution in [-0.4, -0.2) is 26.2 Å². The predicted molar refractivity (Wildman–Crippen MR) is 62.2 cm³/mol. The summed E-state index contributed by atoms with van der Waals surface area (Å²) in [5, 5.41) is 3.29. The van der Waals surface area contributed by atoms with Crippen LogP contribution in [0.3, 0.4) is 0 Å². The van der Waals surface area contributed by atoms with Crippen LogP contribution in [-0.2, 0) is 10.3 Å². The fraction of sp³-hybridized carbons (Fsp3) is 0.462. The molecule has 0 amide bonds. The second-order valence-electron chi connectivity index (χ2n) is 4.52. The van der Waals surface area contributed by atoms with Crippen molar-refractivity contribution in [2.45, 2.75) is 18.4 Å². The van der Waals surface area contributed by atoms with Crippen LogP contribution >= 0.6 is 0 Å². The average Bonchev–Trinajstić information content (AvgIpc) is 2.64. The highest BCUT2D eigenvalue weighted by molar-refractivity contribution is 5.97. The highest BCUT2D eigenvalue weighted by Gasteiger charge is 2.47. The van der Waals surface area contributed by atoms with Gasteiger partial charge in [-0.1, -0.05) is 12.1 Å². The predicted octanol–water partition coefficient (Wildman–Crippen LogP) is 1.44. The van der Waals surface area contributed by atoms with Crippen LogP contribution in [0.2, 0.25) is 0 Å². The highest BCUT2D eigenvalue weighted by atomic mass is 16.6. The average molecular weight is 233 g/mol. The van der Waals surface area contributed by atoms with Crippen molar-refractivity contribution < 1.29 is 14.3 Å². The van der Waals surface area contributed by atoms with E-state index in [0.717, 1.165) is 31.5 Å². The number of rotatable bonds is 1. The molecule has 90 valence electrons. The van der Waals surface area contributed by atoms with Gasteiger partial charge in [0.15, 0.2) is 0 Å². The molecule has 2 aliphatic heterocycles. The molecule has 2 heterocycles. The number of carbonyl (C=O) groups excluding carboxylic acids is 1. The number of ether oxygens (including phenoxy) is 2. The summed E-state index contributed by atoms with van der Waals surface area (Å²) in [5.74, 6) is 0.363. The minimum Gasteiger partial charge on any atom is -0.496 e. The molecule has 4 nitrogen and oxygen atoms in total. The summed E-state index contributed by atoms with van der Waals surface area (Å²) >= 11 is 0. The van der Waals surface area contributed by atoms with E-state index in [1.54, 1.807) is 13.2 Å². The van der Waals surface area contributed by atoms with Gasteiger partial charge >= 0.3 is 5.97 Å². The van der Waals surface area contributed by atoms with Crippen molar-refractivity contribution in [3.05, 3.63) is 29.3 Å². The van der Waals surface area contributed by atoms with Gasteiger partial charge in [-0.2, -0.15) is 0 Å². The van der Waals surface area contributed by atoms with Crippen LogP contribution in [0.4, 0.5) is 0 Å². The Hall–Kier alpha value is -1.55. The quantitative estimate of drug-likeness (QED) is 0.746. The van der Waals surface area contributed by atoms with Crippen molar-refractivity contribution in [2.24, 2.45) is 0 Å². The SMILES string of the molecule is COc1cccc2c1C(=O)OC21CCNCC1. The lowest BCUT2D eigenvalue weighted by Gasteiger charge is -2.33. The Balaban J connectivity index is 2.13. The second-order valence-corrected chi connectivity index (χ2v) is 4.52. The smallest absolute Gasteiger partial charge is 0.343 e. The summed E-state index contributed by atoms with van der Waals surface area (Å²) in [6.45, 7) is 1.76. The highest BCUT2D eigenvalue weighted by Crippen LogP contribution is 2.45. The van der Waals surface area contributed by atoms with Crippen LogP contribution in [0.1, 0.15) is 28.8 Å². The van der Waals surface area contributed by atoms with Crippen molar-refractivity contribution in [3.8, 4) is 5.75 Å². The van der Waals surface area contributed by atoms with E-state index in [0.29, 0.717) is 11.3 Å². The first-order valence-electron chi connectivity index (χ1n) is 5.88. The molecule has 0 atom stereocenters. The van der Waals surface area contributed by atoms with Gasteiger partial charge in [0, 0.05) is 18.4 Å². The molecule has 3 rings (SSSR count). The summed E-state index contributed by atoms with van der Waals surface area (Å²) in [5.41, 5.74) is 1.17. The maximum atomic E-state index is 12.0. The normalized spacial score (nSPS) is 21.1. The largest absolute Gasteiger partial charge is 0.496 e. The molecule has 1 saturated heterocycles. The number of hydrogen-bond acceptors (Lipinski definition) is 4. The van der Waals surface area contributed by atoms with Crippen LogP contribution in [0.15, 0.2) is 18.2 Å². The number of benzene rings is 1. The molecule has 0 unspecified atom stereocenters. The lowest BCUT2D eigenvalue weighted by molar-refractivity contribution is -0.0242. The monoisotopic (exact) mass is 233 g/mol. The molecule has 1 aromatic rings. The fourth-order valence-electron chi connectivity index (χ4n) is 2.78. The van der Waals surface area contributed by atoms with Crippen LogP contribution < -0.4 is 10.1 Å². The molecule has 1 N–H and O–H groups in total. The molecule has 0 aliphatic carbocycles. The van der Waals surface area contributed by atoms with Gasteiger partial charge in [0.2, 0.25) is 0 Å². The molecule has 0 aromatic heterocycles. The van der Waals surface area contributed by atoms with Crippen molar-refractivity contribution in [1.29, 1.82) is 0 Å². The lowest BCUT2D eigenvalue weighted by atomic mass is 9.84. The van der Waals surface area contributed by atoms with E-state index in [1.165, 1.54) is 0 Å². The second kappa shape index (κ2) is 3.74. The molecule has 1 aromatic carbocycles. The Morgan fingerprint density at radius 3 is 2.82 bits per heavy atom. The molecule has 2 aliphatic rings. The number of esters is 1. The summed E-state index contributed by atoms with van der Waals surface area (Å²) < 4.78 is 10.9. The Labute approximate surface area is 99.9 Å². The zero-order chi connectivity index (χ0) is 11.9. The van der Waals surface area contributed by atoms with E-state index in [4.69, 9.17) is 9.47 Å². The minimum absolute atomic E-state index is 0.251. The number of piperidine rings is 1. The molecule has 1 spiro atoms. The molecule has 0 bridgehead atoms. The first-order valence-corrected chi connectivity index (χ1v) is 5.88. The van der Waals surface area contributed by atoms with Crippen molar-refractivity contribution >= 4 is 5.97 Å². The van der Waals surface area contributed by atoms with Gasteiger partial charge in [0.1, 0.15) is 16.9 Å². The maximum Gasteiger partial charge on any atom is 0.343 e. The van der Waals surface area contributed by atoms with E-state index in [1.807, 2.05) is 12.1 Å². The van der Waals surface area contributed by atoms with E-state index in [-0.39, 0.29) is 5.97 Å². The zero-order valence-corrected chi connectivity index (χ0v) is 9.79. The summed E-state index contributed by atoms with van der Waals surface area (Å²) in [6.07, 6.45) is 1.66. The van der Waals surface area contributed by atoms with Gasteiger partial charge in [0.05, 0.1) is 7.11 Å². The van der Waals surface area contributed by atoms with Gasteiger partial charge in [-0.15, -0.1) is 0 Å². The standard InChI is InChI=1S/C13H15NO3/c1-16-10-4-2-3-9-11(10)12(15)17-13(9)5-7-14-8-6-13/h2-4,14H,5-8H2,1H3. The molecule has 4 heteroatoms. The minimum atomic E-state index is -0.424. The fourth-order valence-corrected chi connectivity index (χ4v) is 2.78. The van der Waals surface area contributed by atoms with E-state index >= 15 is 0 Å². The Morgan fingerprint density at radius 1 is 1.35 bits per heavy atom. The van der Waals surface area contributed by atoms with Gasteiger partial charge in [-0.05, 0) is 19.2 Å². The summed E-state index contributed by atoms with van der Waals surface area (Å²) in [4.78, 5) is 12.0. The topological polar surface area (TPSA) is 47.6 Å². The van der Waals surface area contributed by atoms with Gasteiger partial charge in [0.25, 0.3) is 0 Å². The first-order chi connectivity index (χ1) is 8.27. The Bertz CT molecular complexity index is 464. The Morgan fingerprint density at radius 2 is 2.12 bits per heavy atom. The first kappa shape index (κ1) is 10.6. The molecule has 1 fully saturated rings. The number of carbonyl (C=O) groups is 1. The third kappa shape index (κ3) is 1.44. The molecule has 0 radical (unpaired) electrons. The van der Waals surface area contributed by atoms with Gasteiger partial charge < -0.3 is 14.8 Å². The zero-order valence-electron chi connectivity index (χ0n) is 9.79. The van der Waals surface area contributed by atoms with Crippen molar-refractivity contribution in [2.75, 3.05) is 20.2 Å². The number of hydrogen-bond donors (Lipinski definition) is 1. The van der Waals surface area contributed by atoms with E-state index < -0.39 is 5.60 Å². The van der Waals surface area contributed by atoms with Crippen LogP contribution in [0.25, 0.3) is 0 Å². The Kier molecular flexibility index (Phi) is 2.33. The number of methoxy groups -OCH3 is 1. The van der Waals surface area contributed by atoms with Gasteiger partial charge in [-0.3, -0.25) is 0 Å². The van der Waals surface area contributed by atoms with Crippen molar-refractivity contribution in [3.63, 3.8) is 0 Å². The van der Waals surface area contributed by atoms with Gasteiger partial charge in [-0.25, -0.2) is 4.79 Å². The number of fused-ring (bicyclic) bond motifs is 2. The van der Waals surface area contributed by atoms with Crippen LogP contribution in [0, 0.1) is 0 Å². The molecular formula is C13H15NO3. The van der Waals surface area contributed by atoms with Crippen LogP contribution in [0.5, 0.6) is 5.75 Å². The van der Waals surface area contributed by atoms with E-state index in [2.05, 4.69) is 5.32 Å². The summed E-state index contributed by atoms with van der Waals surface area (Å²) in [6, 6.07) is 5.71. The number of nitrogens with one attached hydrogen (secondary N) is 1.